The Morgan fingerprint density at radius 1 is 1.22 bits per heavy atom. The topological polar surface area (TPSA) is 43.4 Å². The van der Waals surface area contributed by atoms with Gasteiger partial charge in [0.15, 0.2) is 0 Å². The molecule has 1 aromatic rings. The lowest BCUT2D eigenvalue weighted by molar-refractivity contribution is -0.117. The lowest BCUT2D eigenvalue weighted by atomic mass is 10.2. The standard InChI is InChI=1S/C13H14Cl2O3/c1-9(16)5-2-3-8-18-13(17)10-6-4-7-11(14)12(10)15/h4,6-7H,2-3,5,8H2,1H3. The minimum Gasteiger partial charge on any atom is -0.462 e. The predicted molar refractivity (Wildman–Crippen MR) is 71.3 cm³/mol. The smallest absolute Gasteiger partial charge is 0.339 e. The van der Waals surface area contributed by atoms with Crippen molar-refractivity contribution < 1.29 is 14.3 Å². The molecule has 0 aromatic heterocycles. The van der Waals surface area contributed by atoms with E-state index in [2.05, 4.69) is 0 Å². The van der Waals surface area contributed by atoms with Gasteiger partial charge in [0.1, 0.15) is 5.78 Å². The van der Waals surface area contributed by atoms with Crippen LogP contribution >= 0.6 is 23.2 Å². The summed E-state index contributed by atoms with van der Waals surface area (Å²) in [6.07, 6.45) is 1.88. The first-order valence-corrected chi connectivity index (χ1v) is 6.38. The molecule has 0 N–H and O–H groups in total. The fourth-order valence-corrected chi connectivity index (χ4v) is 1.76. The van der Waals surface area contributed by atoms with E-state index in [4.69, 9.17) is 27.9 Å². The van der Waals surface area contributed by atoms with Crippen LogP contribution in [0, 0.1) is 0 Å². The molecule has 0 bridgehead atoms. The third-order valence-corrected chi connectivity index (χ3v) is 3.15. The molecule has 0 aliphatic carbocycles. The molecular weight excluding hydrogens is 275 g/mol. The second kappa shape index (κ2) is 7.39. The van der Waals surface area contributed by atoms with E-state index in [1.807, 2.05) is 0 Å². The number of benzene rings is 1. The van der Waals surface area contributed by atoms with E-state index in [9.17, 15) is 9.59 Å². The van der Waals surface area contributed by atoms with Crippen LogP contribution in [0.2, 0.25) is 10.0 Å². The first-order chi connectivity index (χ1) is 8.52. The van der Waals surface area contributed by atoms with Gasteiger partial charge in [-0.15, -0.1) is 0 Å². The Bertz CT molecular complexity index is 444. The number of hydrogen-bond donors (Lipinski definition) is 0. The maximum Gasteiger partial charge on any atom is 0.339 e. The summed E-state index contributed by atoms with van der Waals surface area (Å²) in [5.41, 5.74) is 0.260. The zero-order valence-electron chi connectivity index (χ0n) is 10.0. The summed E-state index contributed by atoms with van der Waals surface area (Å²) >= 11 is 11.7. The third kappa shape index (κ3) is 4.67. The molecule has 0 saturated heterocycles. The highest BCUT2D eigenvalue weighted by atomic mass is 35.5. The first-order valence-electron chi connectivity index (χ1n) is 5.63. The molecule has 0 amide bonds. The van der Waals surface area contributed by atoms with Gasteiger partial charge in [-0.05, 0) is 31.9 Å². The summed E-state index contributed by atoms with van der Waals surface area (Å²) in [5.74, 6) is -0.357. The van der Waals surface area contributed by atoms with Gasteiger partial charge >= 0.3 is 5.97 Å². The molecule has 98 valence electrons. The number of hydrogen-bond acceptors (Lipinski definition) is 3. The van der Waals surface area contributed by atoms with E-state index < -0.39 is 5.97 Å². The predicted octanol–water partition coefficient (Wildman–Crippen LogP) is 3.91. The van der Waals surface area contributed by atoms with E-state index in [1.54, 1.807) is 18.2 Å². The normalized spacial score (nSPS) is 10.2. The van der Waals surface area contributed by atoms with Gasteiger partial charge in [0, 0.05) is 6.42 Å². The fourth-order valence-electron chi connectivity index (χ4n) is 1.38. The minimum absolute atomic E-state index is 0.138. The monoisotopic (exact) mass is 288 g/mol. The van der Waals surface area contributed by atoms with Crippen molar-refractivity contribution in [3.63, 3.8) is 0 Å². The minimum atomic E-state index is -0.495. The molecule has 0 fully saturated rings. The maximum absolute atomic E-state index is 11.7. The molecule has 0 aliphatic rings. The van der Waals surface area contributed by atoms with Gasteiger partial charge in [-0.2, -0.15) is 0 Å². The van der Waals surface area contributed by atoms with Crippen molar-refractivity contribution in [2.75, 3.05) is 6.61 Å². The number of esters is 1. The second-order valence-corrected chi connectivity index (χ2v) is 4.68. The summed E-state index contributed by atoms with van der Waals surface area (Å²) in [6, 6.07) is 4.81. The fraction of sp³-hybridized carbons (Fsp3) is 0.385. The Hall–Kier alpha value is -1.06. The Balaban J connectivity index is 2.41. The molecule has 5 heteroatoms. The van der Waals surface area contributed by atoms with Crippen molar-refractivity contribution in [2.24, 2.45) is 0 Å². The lowest BCUT2D eigenvalue weighted by Gasteiger charge is -2.06. The number of halogens is 2. The van der Waals surface area contributed by atoms with Gasteiger partial charge in [0.25, 0.3) is 0 Å². The molecule has 0 aliphatic heterocycles. The SMILES string of the molecule is CC(=O)CCCCOC(=O)c1cccc(Cl)c1Cl. The average molecular weight is 289 g/mol. The summed E-state index contributed by atoms with van der Waals surface area (Å²) < 4.78 is 5.05. The third-order valence-electron chi connectivity index (χ3n) is 2.33. The Kier molecular flexibility index (Phi) is 6.16. The van der Waals surface area contributed by atoms with E-state index in [1.165, 1.54) is 6.92 Å². The molecule has 3 nitrogen and oxygen atoms in total. The van der Waals surface area contributed by atoms with Crippen molar-refractivity contribution in [3.05, 3.63) is 33.8 Å². The van der Waals surface area contributed by atoms with Crippen LogP contribution in [0.3, 0.4) is 0 Å². The highest BCUT2D eigenvalue weighted by Gasteiger charge is 2.13. The van der Waals surface area contributed by atoms with Gasteiger partial charge in [-0.3, -0.25) is 0 Å². The molecule has 0 saturated carbocycles. The van der Waals surface area contributed by atoms with Crippen LogP contribution in [0.5, 0.6) is 0 Å². The maximum atomic E-state index is 11.7. The number of carbonyl (C=O) groups is 2. The summed E-state index contributed by atoms with van der Waals surface area (Å²) in [5, 5.41) is 0.524. The Labute approximate surface area is 116 Å². The molecule has 0 atom stereocenters. The van der Waals surface area contributed by atoms with E-state index >= 15 is 0 Å². The molecule has 0 heterocycles. The molecular formula is C13H14Cl2O3. The molecule has 0 radical (unpaired) electrons. The molecule has 1 rings (SSSR count). The second-order valence-electron chi connectivity index (χ2n) is 3.90. The van der Waals surface area contributed by atoms with Crippen molar-refractivity contribution in [1.82, 2.24) is 0 Å². The highest BCUT2D eigenvalue weighted by Crippen LogP contribution is 2.25. The quantitative estimate of drug-likeness (QED) is 0.589. The zero-order chi connectivity index (χ0) is 13.5. The molecule has 0 spiro atoms. The van der Waals surface area contributed by atoms with Crippen LogP contribution in [0.4, 0.5) is 0 Å². The van der Waals surface area contributed by atoms with E-state index in [-0.39, 0.29) is 23.0 Å². The average Bonchev–Trinajstić information content (AvgIpc) is 2.31. The number of rotatable bonds is 6. The van der Waals surface area contributed by atoms with Crippen molar-refractivity contribution >= 4 is 35.0 Å². The van der Waals surface area contributed by atoms with Crippen LogP contribution in [0.15, 0.2) is 18.2 Å². The molecule has 18 heavy (non-hydrogen) atoms. The Morgan fingerprint density at radius 2 is 1.94 bits per heavy atom. The van der Waals surface area contributed by atoms with E-state index in [0.29, 0.717) is 24.3 Å². The largest absolute Gasteiger partial charge is 0.462 e. The van der Waals surface area contributed by atoms with Crippen LogP contribution in [0.1, 0.15) is 36.5 Å². The summed E-state index contributed by atoms with van der Waals surface area (Å²) in [4.78, 5) is 22.4. The van der Waals surface area contributed by atoms with Gasteiger partial charge < -0.3 is 9.53 Å². The van der Waals surface area contributed by atoms with Crippen LogP contribution in [-0.2, 0) is 9.53 Å². The van der Waals surface area contributed by atoms with Crippen molar-refractivity contribution in [3.8, 4) is 0 Å². The van der Waals surface area contributed by atoms with Crippen molar-refractivity contribution in [2.45, 2.75) is 26.2 Å². The van der Waals surface area contributed by atoms with Gasteiger partial charge in [0.05, 0.1) is 22.2 Å². The zero-order valence-corrected chi connectivity index (χ0v) is 11.6. The number of ether oxygens (including phenoxy) is 1. The number of ketones is 1. The van der Waals surface area contributed by atoms with Gasteiger partial charge in [0.2, 0.25) is 0 Å². The van der Waals surface area contributed by atoms with Crippen LogP contribution in [-0.4, -0.2) is 18.4 Å². The first kappa shape index (κ1) is 15.0. The van der Waals surface area contributed by atoms with Gasteiger partial charge in [-0.25, -0.2) is 4.79 Å². The number of unbranched alkanes of at least 4 members (excludes halogenated alkanes) is 1. The lowest BCUT2D eigenvalue weighted by Crippen LogP contribution is -2.07. The summed E-state index contributed by atoms with van der Waals surface area (Å²) in [6.45, 7) is 1.81. The number of Topliss-reactive ketones (excluding diaryl/α,β-unsaturated/α-hetero) is 1. The van der Waals surface area contributed by atoms with Gasteiger partial charge in [-0.1, -0.05) is 29.3 Å². The summed E-state index contributed by atoms with van der Waals surface area (Å²) in [7, 11) is 0. The van der Waals surface area contributed by atoms with Crippen LogP contribution in [0.25, 0.3) is 0 Å². The molecule has 0 unspecified atom stereocenters. The van der Waals surface area contributed by atoms with E-state index in [0.717, 1.165) is 0 Å². The molecule has 1 aromatic carbocycles. The number of carbonyl (C=O) groups excluding carboxylic acids is 2. The van der Waals surface area contributed by atoms with Crippen molar-refractivity contribution in [1.29, 1.82) is 0 Å². The Morgan fingerprint density at radius 3 is 2.61 bits per heavy atom. The van der Waals surface area contributed by atoms with Crippen LogP contribution < -0.4 is 0 Å². The highest BCUT2D eigenvalue weighted by molar-refractivity contribution is 6.43.